The predicted octanol–water partition coefficient (Wildman–Crippen LogP) is 2.47. The topological polar surface area (TPSA) is 61.7 Å². The maximum Gasteiger partial charge on any atom is 0.134 e. The largest absolute Gasteiger partial charge is 0.396 e. The summed E-state index contributed by atoms with van der Waals surface area (Å²) in [6, 6.07) is 8.22. The lowest BCUT2D eigenvalue weighted by Crippen LogP contribution is -1.98. The Kier molecular flexibility index (Phi) is 2.82. The fourth-order valence-electron chi connectivity index (χ4n) is 2.41. The second-order valence-electron chi connectivity index (χ2n) is 5.06. The molecule has 5 nitrogen and oxygen atoms in total. The minimum Gasteiger partial charge on any atom is -0.396 e. The standard InChI is InChI=1S/C15H17N5/c1-10-6-11(2)8-12(7-10)20-9-13(16)15(18-20)14-4-5-17-19(14)3/h4-9H,16H2,1-3H3. The smallest absolute Gasteiger partial charge is 0.134 e. The molecule has 0 unspecified atom stereocenters. The Morgan fingerprint density at radius 3 is 2.40 bits per heavy atom. The van der Waals surface area contributed by atoms with E-state index < -0.39 is 0 Å². The van der Waals surface area contributed by atoms with E-state index in [1.807, 2.05) is 24.0 Å². The number of aromatic nitrogens is 4. The van der Waals surface area contributed by atoms with Crippen molar-refractivity contribution >= 4 is 5.69 Å². The molecule has 0 spiro atoms. The van der Waals surface area contributed by atoms with Gasteiger partial charge in [-0.2, -0.15) is 10.2 Å². The Balaban J connectivity index is 2.11. The van der Waals surface area contributed by atoms with Gasteiger partial charge in [0.15, 0.2) is 0 Å². The van der Waals surface area contributed by atoms with Gasteiger partial charge >= 0.3 is 0 Å². The van der Waals surface area contributed by atoms with E-state index in [2.05, 4.69) is 42.2 Å². The minimum atomic E-state index is 0.646. The second kappa shape index (κ2) is 4.52. The number of nitrogen functional groups attached to an aromatic ring is 1. The molecule has 0 saturated carbocycles. The third-order valence-electron chi connectivity index (χ3n) is 3.28. The highest BCUT2D eigenvalue weighted by atomic mass is 15.3. The molecule has 0 atom stereocenters. The monoisotopic (exact) mass is 267 g/mol. The van der Waals surface area contributed by atoms with Crippen molar-refractivity contribution in [1.29, 1.82) is 0 Å². The predicted molar refractivity (Wildman–Crippen MR) is 79.7 cm³/mol. The summed E-state index contributed by atoms with van der Waals surface area (Å²) in [5, 5.41) is 8.75. The Morgan fingerprint density at radius 1 is 1.10 bits per heavy atom. The van der Waals surface area contributed by atoms with Crippen LogP contribution in [-0.2, 0) is 7.05 Å². The molecule has 0 aliphatic heterocycles. The summed E-state index contributed by atoms with van der Waals surface area (Å²) in [5.74, 6) is 0. The van der Waals surface area contributed by atoms with Crippen LogP contribution in [0.15, 0.2) is 36.7 Å². The molecular formula is C15H17N5. The third-order valence-corrected chi connectivity index (χ3v) is 3.28. The zero-order valence-electron chi connectivity index (χ0n) is 11.8. The van der Waals surface area contributed by atoms with Crippen LogP contribution in [0.3, 0.4) is 0 Å². The van der Waals surface area contributed by atoms with E-state index in [9.17, 15) is 0 Å². The molecule has 5 heteroatoms. The number of benzene rings is 1. The van der Waals surface area contributed by atoms with Crippen LogP contribution in [0, 0.1) is 13.8 Å². The van der Waals surface area contributed by atoms with Gasteiger partial charge in [0.2, 0.25) is 0 Å². The van der Waals surface area contributed by atoms with Crippen molar-refractivity contribution in [3.05, 3.63) is 47.8 Å². The Morgan fingerprint density at radius 2 is 1.80 bits per heavy atom. The highest BCUT2D eigenvalue weighted by Gasteiger charge is 2.12. The molecular weight excluding hydrogens is 250 g/mol. The van der Waals surface area contributed by atoms with Crippen LogP contribution in [-0.4, -0.2) is 19.6 Å². The van der Waals surface area contributed by atoms with E-state index in [1.54, 1.807) is 10.9 Å². The number of nitrogens with two attached hydrogens (primary N) is 1. The minimum absolute atomic E-state index is 0.646. The highest BCUT2D eigenvalue weighted by molar-refractivity contribution is 5.69. The van der Waals surface area contributed by atoms with E-state index in [4.69, 9.17) is 5.73 Å². The summed E-state index contributed by atoms with van der Waals surface area (Å²) in [4.78, 5) is 0. The van der Waals surface area contributed by atoms with Crippen LogP contribution in [0.2, 0.25) is 0 Å². The number of aryl methyl sites for hydroxylation is 3. The quantitative estimate of drug-likeness (QED) is 0.776. The first-order chi connectivity index (χ1) is 9.54. The van der Waals surface area contributed by atoms with Crippen molar-refractivity contribution in [3.8, 4) is 17.1 Å². The van der Waals surface area contributed by atoms with Crippen molar-refractivity contribution in [3.63, 3.8) is 0 Å². The first-order valence-electron chi connectivity index (χ1n) is 6.47. The van der Waals surface area contributed by atoms with Crippen LogP contribution in [0.1, 0.15) is 11.1 Å². The fourth-order valence-corrected chi connectivity index (χ4v) is 2.41. The summed E-state index contributed by atoms with van der Waals surface area (Å²) in [5.41, 5.74) is 11.8. The van der Waals surface area contributed by atoms with Crippen LogP contribution < -0.4 is 5.73 Å². The van der Waals surface area contributed by atoms with E-state index >= 15 is 0 Å². The highest BCUT2D eigenvalue weighted by Crippen LogP contribution is 2.25. The summed E-state index contributed by atoms with van der Waals surface area (Å²) in [7, 11) is 1.88. The number of anilines is 1. The number of rotatable bonds is 2. The van der Waals surface area contributed by atoms with Gasteiger partial charge in [0, 0.05) is 13.2 Å². The van der Waals surface area contributed by atoms with Crippen molar-refractivity contribution in [2.45, 2.75) is 13.8 Å². The average Bonchev–Trinajstić information content (AvgIpc) is 2.94. The Bertz CT molecular complexity index is 746. The summed E-state index contributed by atoms with van der Waals surface area (Å²) in [6.07, 6.45) is 3.58. The number of hydrogen-bond donors (Lipinski definition) is 1. The fraction of sp³-hybridized carbons (Fsp3) is 0.200. The van der Waals surface area contributed by atoms with Crippen LogP contribution >= 0.6 is 0 Å². The van der Waals surface area contributed by atoms with Crippen molar-refractivity contribution in [1.82, 2.24) is 19.6 Å². The lowest BCUT2D eigenvalue weighted by Gasteiger charge is -2.04. The van der Waals surface area contributed by atoms with Gasteiger partial charge in [-0.3, -0.25) is 4.68 Å². The SMILES string of the molecule is Cc1cc(C)cc(-n2cc(N)c(-c3ccnn3C)n2)c1. The molecule has 102 valence electrons. The molecule has 0 bridgehead atoms. The summed E-state index contributed by atoms with van der Waals surface area (Å²) < 4.78 is 3.59. The third kappa shape index (κ3) is 2.07. The van der Waals surface area contributed by atoms with Gasteiger partial charge < -0.3 is 5.73 Å². The first-order valence-corrected chi connectivity index (χ1v) is 6.47. The molecule has 0 amide bonds. The van der Waals surface area contributed by atoms with E-state index in [0.717, 1.165) is 17.1 Å². The van der Waals surface area contributed by atoms with E-state index in [0.29, 0.717) is 5.69 Å². The summed E-state index contributed by atoms with van der Waals surface area (Å²) >= 11 is 0. The van der Waals surface area contributed by atoms with E-state index in [-0.39, 0.29) is 0 Å². The van der Waals surface area contributed by atoms with Crippen LogP contribution in [0.25, 0.3) is 17.1 Å². The molecule has 0 fully saturated rings. The molecule has 3 rings (SSSR count). The average molecular weight is 267 g/mol. The van der Waals surface area contributed by atoms with Crippen molar-refractivity contribution in [2.24, 2.45) is 7.05 Å². The van der Waals surface area contributed by atoms with Gasteiger partial charge in [0.05, 0.1) is 23.3 Å². The molecule has 0 saturated heterocycles. The molecule has 2 N–H and O–H groups in total. The zero-order chi connectivity index (χ0) is 14.3. The lowest BCUT2D eigenvalue weighted by atomic mass is 10.1. The van der Waals surface area contributed by atoms with Gasteiger partial charge in [-0.05, 0) is 43.2 Å². The second-order valence-corrected chi connectivity index (χ2v) is 5.06. The maximum absolute atomic E-state index is 6.09. The van der Waals surface area contributed by atoms with Gasteiger partial charge in [-0.15, -0.1) is 0 Å². The molecule has 1 aromatic carbocycles. The molecule has 0 radical (unpaired) electrons. The lowest BCUT2D eigenvalue weighted by molar-refractivity contribution is 0.769. The van der Waals surface area contributed by atoms with Gasteiger partial charge in [-0.1, -0.05) is 6.07 Å². The zero-order valence-corrected chi connectivity index (χ0v) is 11.8. The molecule has 0 aliphatic rings. The van der Waals surface area contributed by atoms with Gasteiger partial charge in [0.25, 0.3) is 0 Å². The van der Waals surface area contributed by atoms with Gasteiger partial charge in [-0.25, -0.2) is 4.68 Å². The van der Waals surface area contributed by atoms with Crippen LogP contribution in [0.5, 0.6) is 0 Å². The number of hydrogen-bond acceptors (Lipinski definition) is 3. The molecule has 2 heterocycles. The van der Waals surface area contributed by atoms with Gasteiger partial charge in [0.1, 0.15) is 5.69 Å². The van der Waals surface area contributed by atoms with E-state index in [1.165, 1.54) is 11.1 Å². The molecule has 0 aliphatic carbocycles. The summed E-state index contributed by atoms with van der Waals surface area (Å²) in [6.45, 7) is 4.15. The number of nitrogens with zero attached hydrogens (tertiary/aromatic N) is 4. The first kappa shape index (κ1) is 12.5. The van der Waals surface area contributed by atoms with Crippen molar-refractivity contribution < 1.29 is 0 Å². The Hall–Kier alpha value is -2.56. The normalized spacial score (nSPS) is 10.9. The van der Waals surface area contributed by atoms with Crippen LogP contribution in [0.4, 0.5) is 5.69 Å². The Labute approximate surface area is 117 Å². The maximum atomic E-state index is 6.09. The molecule has 20 heavy (non-hydrogen) atoms. The molecule has 3 aromatic rings. The van der Waals surface area contributed by atoms with Crippen molar-refractivity contribution in [2.75, 3.05) is 5.73 Å². The molecule has 2 aromatic heterocycles.